The van der Waals surface area contributed by atoms with Crippen LogP contribution in [0.15, 0.2) is 27.4 Å². The third-order valence-corrected chi connectivity index (χ3v) is 4.57. The standard InChI is InChI=1S/C19H26N2O2/c1-3-4-7-21-8-5-6-14-10-16-15(9-13(2)20)11-19(22)23-18(16)12-17(14)21/h10-13H,3-9,20H2,1-2H3. The molecule has 2 heterocycles. The van der Waals surface area contributed by atoms with Crippen LogP contribution >= 0.6 is 0 Å². The fourth-order valence-electron chi connectivity index (χ4n) is 3.48. The van der Waals surface area contributed by atoms with Crippen LogP contribution in [0.3, 0.4) is 0 Å². The number of fused-ring (bicyclic) bond motifs is 2. The van der Waals surface area contributed by atoms with E-state index in [-0.39, 0.29) is 11.7 Å². The van der Waals surface area contributed by atoms with Crippen LogP contribution in [0.1, 0.15) is 44.2 Å². The van der Waals surface area contributed by atoms with Gasteiger partial charge in [-0.15, -0.1) is 0 Å². The maximum atomic E-state index is 11.9. The van der Waals surface area contributed by atoms with E-state index in [4.69, 9.17) is 10.2 Å². The number of hydrogen-bond donors (Lipinski definition) is 1. The maximum Gasteiger partial charge on any atom is 0.336 e. The number of nitrogens with two attached hydrogens (primary N) is 1. The highest BCUT2D eigenvalue weighted by Gasteiger charge is 2.19. The van der Waals surface area contributed by atoms with Gasteiger partial charge >= 0.3 is 5.63 Å². The van der Waals surface area contributed by atoms with E-state index in [0.29, 0.717) is 12.0 Å². The van der Waals surface area contributed by atoms with Gasteiger partial charge < -0.3 is 15.1 Å². The van der Waals surface area contributed by atoms with Crippen LogP contribution in [0.2, 0.25) is 0 Å². The van der Waals surface area contributed by atoms with Crippen molar-refractivity contribution in [2.75, 3.05) is 18.0 Å². The van der Waals surface area contributed by atoms with Gasteiger partial charge in [-0.3, -0.25) is 0 Å². The second-order valence-corrected chi connectivity index (χ2v) is 6.69. The van der Waals surface area contributed by atoms with E-state index in [9.17, 15) is 4.79 Å². The van der Waals surface area contributed by atoms with Crippen molar-refractivity contribution in [1.82, 2.24) is 0 Å². The van der Waals surface area contributed by atoms with Gasteiger partial charge in [-0.05, 0) is 49.8 Å². The molecule has 0 radical (unpaired) electrons. The molecule has 0 bridgehead atoms. The molecule has 0 amide bonds. The Morgan fingerprint density at radius 3 is 2.91 bits per heavy atom. The van der Waals surface area contributed by atoms with Gasteiger partial charge in [0.2, 0.25) is 0 Å². The first-order valence-electron chi connectivity index (χ1n) is 8.68. The summed E-state index contributed by atoms with van der Waals surface area (Å²) in [7, 11) is 0. The lowest BCUT2D eigenvalue weighted by molar-refractivity contribution is 0.556. The van der Waals surface area contributed by atoms with Gasteiger partial charge in [0.25, 0.3) is 0 Å². The molecule has 1 unspecified atom stereocenters. The summed E-state index contributed by atoms with van der Waals surface area (Å²) in [5.74, 6) is 0. The van der Waals surface area contributed by atoms with E-state index in [0.717, 1.165) is 30.5 Å². The average Bonchev–Trinajstić information content (AvgIpc) is 2.50. The van der Waals surface area contributed by atoms with Crippen molar-refractivity contribution in [3.63, 3.8) is 0 Å². The molecule has 2 aromatic rings. The minimum Gasteiger partial charge on any atom is -0.423 e. The van der Waals surface area contributed by atoms with E-state index in [2.05, 4.69) is 24.0 Å². The minimum absolute atomic E-state index is 0.0251. The smallest absolute Gasteiger partial charge is 0.336 e. The molecule has 1 atom stereocenters. The Kier molecular flexibility index (Phi) is 4.71. The first-order valence-corrected chi connectivity index (χ1v) is 8.68. The summed E-state index contributed by atoms with van der Waals surface area (Å²) in [4.78, 5) is 14.3. The highest BCUT2D eigenvalue weighted by Crippen LogP contribution is 2.32. The van der Waals surface area contributed by atoms with Crippen molar-refractivity contribution < 1.29 is 4.42 Å². The maximum absolute atomic E-state index is 11.9. The van der Waals surface area contributed by atoms with Crippen molar-refractivity contribution in [3.05, 3.63) is 39.7 Å². The number of rotatable bonds is 5. The molecule has 2 N–H and O–H groups in total. The topological polar surface area (TPSA) is 59.5 Å². The Hall–Kier alpha value is -1.81. The molecule has 1 aromatic heterocycles. The Morgan fingerprint density at radius 1 is 1.35 bits per heavy atom. The summed E-state index contributed by atoms with van der Waals surface area (Å²) in [5, 5.41) is 1.04. The Morgan fingerprint density at radius 2 is 2.17 bits per heavy atom. The second kappa shape index (κ2) is 6.75. The number of aryl methyl sites for hydroxylation is 1. The molecule has 0 fully saturated rings. The van der Waals surface area contributed by atoms with Crippen molar-refractivity contribution >= 4 is 16.7 Å². The highest BCUT2D eigenvalue weighted by molar-refractivity contribution is 5.86. The average molecular weight is 314 g/mol. The summed E-state index contributed by atoms with van der Waals surface area (Å²) in [6.45, 7) is 6.33. The normalized spacial score (nSPS) is 15.7. The van der Waals surface area contributed by atoms with Crippen LogP contribution in [-0.4, -0.2) is 19.1 Å². The van der Waals surface area contributed by atoms with Gasteiger partial charge in [0.1, 0.15) is 5.58 Å². The Labute approximate surface area is 137 Å². The zero-order valence-electron chi connectivity index (χ0n) is 14.1. The molecule has 4 heteroatoms. The minimum atomic E-state index is -0.288. The molecule has 23 heavy (non-hydrogen) atoms. The molecule has 1 aromatic carbocycles. The van der Waals surface area contributed by atoms with Crippen LogP contribution in [0.4, 0.5) is 5.69 Å². The first-order chi connectivity index (χ1) is 11.1. The van der Waals surface area contributed by atoms with Crippen molar-refractivity contribution in [1.29, 1.82) is 0 Å². The fraction of sp³-hybridized carbons (Fsp3) is 0.526. The molecular weight excluding hydrogens is 288 g/mol. The lowest BCUT2D eigenvalue weighted by atomic mass is 9.96. The van der Waals surface area contributed by atoms with Crippen LogP contribution < -0.4 is 16.3 Å². The molecule has 0 aliphatic carbocycles. The molecule has 3 rings (SSSR count). The number of anilines is 1. The van der Waals surface area contributed by atoms with Crippen LogP contribution in [0.25, 0.3) is 11.0 Å². The van der Waals surface area contributed by atoms with E-state index in [1.165, 1.54) is 30.5 Å². The van der Waals surface area contributed by atoms with Gasteiger partial charge in [-0.2, -0.15) is 0 Å². The summed E-state index contributed by atoms with van der Waals surface area (Å²) < 4.78 is 5.48. The predicted molar refractivity (Wildman–Crippen MR) is 95.3 cm³/mol. The predicted octanol–water partition coefficient (Wildman–Crippen LogP) is 3.24. The summed E-state index contributed by atoms with van der Waals surface area (Å²) in [6, 6.07) is 5.89. The highest BCUT2D eigenvalue weighted by atomic mass is 16.4. The monoisotopic (exact) mass is 314 g/mol. The van der Waals surface area contributed by atoms with E-state index in [1.54, 1.807) is 6.07 Å². The van der Waals surface area contributed by atoms with Crippen LogP contribution in [0.5, 0.6) is 0 Å². The van der Waals surface area contributed by atoms with Crippen LogP contribution in [0, 0.1) is 0 Å². The number of nitrogens with zero attached hydrogens (tertiary/aromatic N) is 1. The summed E-state index contributed by atoms with van der Waals surface area (Å²) >= 11 is 0. The Bertz CT molecular complexity index is 749. The summed E-state index contributed by atoms with van der Waals surface area (Å²) in [5.41, 5.74) is 9.94. The third kappa shape index (κ3) is 3.42. The quantitative estimate of drug-likeness (QED) is 0.861. The molecule has 0 saturated carbocycles. The number of hydrogen-bond acceptors (Lipinski definition) is 4. The molecule has 1 aliphatic rings. The van der Waals surface area contributed by atoms with Crippen molar-refractivity contribution in [3.8, 4) is 0 Å². The molecule has 0 spiro atoms. The Balaban J connectivity index is 2.09. The fourth-order valence-corrected chi connectivity index (χ4v) is 3.48. The number of unbranched alkanes of at least 4 members (excludes halogenated alkanes) is 1. The van der Waals surface area contributed by atoms with E-state index >= 15 is 0 Å². The summed E-state index contributed by atoms with van der Waals surface area (Å²) in [6.07, 6.45) is 5.34. The second-order valence-electron chi connectivity index (χ2n) is 6.69. The molecule has 1 aliphatic heterocycles. The zero-order valence-corrected chi connectivity index (χ0v) is 14.1. The third-order valence-electron chi connectivity index (χ3n) is 4.57. The molecular formula is C19H26N2O2. The zero-order chi connectivity index (χ0) is 16.4. The molecule has 124 valence electrons. The van der Waals surface area contributed by atoms with E-state index in [1.807, 2.05) is 6.92 Å². The number of benzene rings is 1. The van der Waals surface area contributed by atoms with Gasteiger partial charge in [-0.25, -0.2) is 4.79 Å². The van der Waals surface area contributed by atoms with Crippen LogP contribution in [-0.2, 0) is 12.8 Å². The first kappa shape index (κ1) is 16.1. The lowest BCUT2D eigenvalue weighted by Crippen LogP contribution is -2.30. The largest absolute Gasteiger partial charge is 0.423 e. The van der Waals surface area contributed by atoms with Gasteiger partial charge in [0, 0.05) is 42.3 Å². The van der Waals surface area contributed by atoms with Gasteiger partial charge in [0.05, 0.1) is 0 Å². The van der Waals surface area contributed by atoms with Gasteiger partial charge in [-0.1, -0.05) is 13.3 Å². The van der Waals surface area contributed by atoms with Crippen molar-refractivity contribution in [2.45, 2.75) is 52.0 Å². The SMILES string of the molecule is CCCCN1CCCc2cc3c(CC(C)N)cc(=O)oc3cc21. The van der Waals surface area contributed by atoms with Gasteiger partial charge in [0.15, 0.2) is 0 Å². The lowest BCUT2D eigenvalue weighted by Gasteiger charge is -2.31. The molecule has 0 saturated heterocycles. The molecule has 4 nitrogen and oxygen atoms in total. The van der Waals surface area contributed by atoms with Crippen molar-refractivity contribution in [2.24, 2.45) is 5.73 Å². The van der Waals surface area contributed by atoms with E-state index < -0.39 is 0 Å².